The van der Waals surface area contributed by atoms with Gasteiger partial charge >= 0.3 is 5.97 Å². The van der Waals surface area contributed by atoms with Crippen molar-refractivity contribution in [2.75, 3.05) is 12.4 Å². The number of rotatable bonds is 6. The van der Waals surface area contributed by atoms with Gasteiger partial charge in [0.15, 0.2) is 5.69 Å². The maximum atomic E-state index is 12.6. The first-order chi connectivity index (χ1) is 13.5. The fourth-order valence-electron chi connectivity index (χ4n) is 2.63. The van der Waals surface area contributed by atoms with Gasteiger partial charge in [-0.15, -0.1) is 0 Å². The van der Waals surface area contributed by atoms with E-state index in [0.29, 0.717) is 29.3 Å². The van der Waals surface area contributed by atoms with Crippen molar-refractivity contribution >= 4 is 17.6 Å². The van der Waals surface area contributed by atoms with Crippen LogP contribution >= 0.6 is 0 Å². The zero-order chi connectivity index (χ0) is 20.1. The summed E-state index contributed by atoms with van der Waals surface area (Å²) in [6, 6.07) is 16.6. The molecule has 2 aromatic carbocycles. The van der Waals surface area contributed by atoms with E-state index in [-0.39, 0.29) is 11.6 Å². The molecule has 0 atom stereocenters. The van der Waals surface area contributed by atoms with Crippen molar-refractivity contribution in [2.24, 2.45) is 7.05 Å². The van der Waals surface area contributed by atoms with Crippen LogP contribution in [0, 0.1) is 6.92 Å². The maximum absolute atomic E-state index is 12.6. The predicted octanol–water partition coefficient (Wildman–Crippen LogP) is 3.35. The zero-order valence-corrected chi connectivity index (χ0v) is 15.9. The molecule has 3 rings (SSSR count). The van der Waals surface area contributed by atoms with Crippen molar-refractivity contribution in [2.45, 2.75) is 13.5 Å². The maximum Gasteiger partial charge on any atom is 0.360 e. The van der Waals surface area contributed by atoms with Gasteiger partial charge in [-0.3, -0.25) is 9.48 Å². The fourth-order valence-corrected chi connectivity index (χ4v) is 2.63. The molecule has 1 N–H and O–H groups in total. The van der Waals surface area contributed by atoms with Crippen LogP contribution in [0.2, 0.25) is 0 Å². The number of ether oxygens (including phenoxy) is 2. The van der Waals surface area contributed by atoms with Gasteiger partial charge < -0.3 is 14.8 Å². The van der Waals surface area contributed by atoms with Crippen LogP contribution in [0.3, 0.4) is 0 Å². The topological polar surface area (TPSA) is 82.5 Å². The number of carbonyl (C=O) groups excluding carboxylic acids is 2. The molecule has 1 aromatic heterocycles. The first-order valence-electron chi connectivity index (χ1n) is 8.69. The van der Waals surface area contributed by atoms with Crippen molar-refractivity contribution in [1.29, 1.82) is 0 Å². The van der Waals surface area contributed by atoms with E-state index in [2.05, 4.69) is 10.4 Å². The summed E-state index contributed by atoms with van der Waals surface area (Å²) in [7, 11) is 2.96. The molecule has 7 heteroatoms. The van der Waals surface area contributed by atoms with Gasteiger partial charge in [-0.05, 0) is 36.8 Å². The van der Waals surface area contributed by atoms with Gasteiger partial charge in [0, 0.05) is 12.6 Å². The molecule has 1 amide bonds. The highest BCUT2D eigenvalue weighted by Crippen LogP contribution is 2.22. The summed E-state index contributed by atoms with van der Waals surface area (Å²) >= 11 is 0. The van der Waals surface area contributed by atoms with Crippen LogP contribution in [-0.2, 0) is 18.4 Å². The molecule has 0 saturated heterocycles. The van der Waals surface area contributed by atoms with Gasteiger partial charge in [0.2, 0.25) is 0 Å². The standard InChI is InChI=1S/C21H21N3O4/c1-14-18(19(21(26)27-3)23-24(14)2)22-20(25)16-9-11-17(12-10-16)28-13-15-7-5-4-6-8-15/h4-12H,13H2,1-3H3,(H,22,25). The second-order valence-electron chi connectivity index (χ2n) is 6.18. The number of aryl methyl sites for hydroxylation is 1. The Bertz CT molecular complexity index is 979. The molecule has 0 aliphatic heterocycles. The van der Waals surface area contributed by atoms with Crippen molar-refractivity contribution in [1.82, 2.24) is 9.78 Å². The first-order valence-corrected chi connectivity index (χ1v) is 8.69. The highest BCUT2D eigenvalue weighted by Gasteiger charge is 2.22. The number of benzene rings is 2. The Balaban J connectivity index is 1.69. The highest BCUT2D eigenvalue weighted by atomic mass is 16.5. The van der Waals surface area contributed by atoms with E-state index in [1.165, 1.54) is 11.8 Å². The summed E-state index contributed by atoms with van der Waals surface area (Å²) in [5.41, 5.74) is 2.55. The minimum absolute atomic E-state index is 0.0682. The summed E-state index contributed by atoms with van der Waals surface area (Å²) in [5.74, 6) is -0.298. The summed E-state index contributed by atoms with van der Waals surface area (Å²) in [6.45, 7) is 2.21. The molecular weight excluding hydrogens is 358 g/mol. The zero-order valence-electron chi connectivity index (χ0n) is 15.9. The third kappa shape index (κ3) is 4.20. The van der Waals surface area contributed by atoms with Crippen LogP contribution in [0.1, 0.15) is 32.1 Å². The van der Waals surface area contributed by atoms with Crippen LogP contribution in [-0.4, -0.2) is 28.8 Å². The molecule has 0 spiro atoms. The van der Waals surface area contributed by atoms with Crippen LogP contribution < -0.4 is 10.1 Å². The number of hydrogen-bond acceptors (Lipinski definition) is 5. The Hall–Kier alpha value is -3.61. The van der Waals surface area contributed by atoms with Gasteiger partial charge in [-0.2, -0.15) is 5.10 Å². The molecule has 0 unspecified atom stereocenters. The molecular formula is C21H21N3O4. The number of nitrogens with zero attached hydrogens (tertiary/aromatic N) is 2. The van der Waals surface area contributed by atoms with E-state index >= 15 is 0 Å². The van der Waals surface area contributed by atoms with Crippen molar-refractivity contribution in [3.05, 3.63) is 77.1 Å². The molecule has 28 heavy (non-hydrogen) atoms. The van der Waals surface area contributed by atoms with Gasteiger partial charge in [0.05, 0.1) is 18.5 Å². The van der Waals surface area contributed by atoms with Crippen LogP contribution in [0.5, 0.6) is 5.75 Å². The van der Waals surface area contributed by atoms with E-state index in [4.69, 9.17) is 9.47 Å². The summed E-state index contributed by atoms with van der Waals surface area (Å²) < 4.78 is 12.0. The fraction of sp³-hybridized carbons (Fsp3) is 0.190. The number of amides is 1. The molecule has 7 nitrogen and oxygen atoms in total. The molecule has 1 heterocycles. The number of nitrogens with one attached hydrogen (secondary N) is 1. The minimum atomic E-state index is -0.608. The summed E-state index contributed by atoms with van der Waals surface area (Å²) in [6.07, 6.45) is 0. The Morgan fingerprint density at radius 1 is 1.07 bits per heavy atom. The lowest BCUT2D eigenvalue weighted by molar-refractivity contribution is 0.0594. The number of carbonyl (C=O) groups is 2. The quantitative estimate of drug-likeness (QED) is 0.664. The Morgan fingerprint density at radius 2 is 1.75 bits per heavy atom. The number of aromatic nitrogens is 2. The highest BCUT2D eigenvalue weighted by molar-refractivity contribution is 6.08. The average Bonchev–Trinajstić information content (AvgIpc) is 3.01. The number of methoxy groups -OCH3 is 1. The van der Waals surface area contributed by atoms with Gasteiger partial charge in [0.1, 0.15) is 12.4 Å². The second kappa shape index (κ2) is 8.39. The van der Waals surface area contributed by atoms with Crippen LogP contribution in [0.25, 0.3) is 0 Å². The largest absolute Gasteiger partial charge is 0.489 e. The third-order valence-electron chi connectivity index (χ3n) is 4.32. The first kappa shape index (κ1) is 19.2. The molecule has 0 fully saturated rings. The second-order valence-corrected chi connectivity index (χ2v) is 6.18. The van der Waals surface area contributed by atoms with Crippen LogP contribution in [0.4, 0.5) is 5.69 Å². The van der Waals surface area contributed by atoms with Crippen molar-refractivity contribution in [3.63, 3.8) is 0 Å². The van der Waals surface area contributed by atoms with Gasteiger partial charge in [0.25, 0.3) is 5.91 Å². The average molecular weight is 379 g/mol. The normalized spacial score (nSPS) is 10.4. The van der Waals surface area contributed by atoms with Gasteiger partial charge in [-0.25, -0.2) is 4.79 Å². The van der Waals surface area contributed by atoms with Crippen LogP contribution in [0.15, 0.2) is 54.6 Å². The third-order valence-corrected chi connectivity index (χ3v) is 4.32. The Morgan fingerprint density at radius 3 is 2.39 bits per heavy atom. The van der Waals surface area contributed by atoms with E-state index in [9.17, 15) is 9.59 Å². The molecule has 0 saturated carbocycles. The lowest BCUT2D eigenvalue weighted by Gasteiger charge is -2.09. The van der Waals surface area contributed by atoms with E-state index < -0.39 is 5.97 Å². The smallest absolute Gasteiger partial charge is 0.360 e. The lowest BCUT2D eigenvalue weighted by Crippen LogP contribution is -2.15. The molecule has 0 aliphatic carbocycles. The SMILES string of the molecule is COC(=O)c1nn(C)c(C)c1NC(=O)c1ccc(OCc2ccccc2)cc1. The van der Waals surface area contributed by atoms with Gasteiger partial charge in [-0.1, -0.05) is 30.3 Å². The van der Waals surface area contributed by atoms with Crippen molar-refractivity contribution < 1.29 is 19.1 Å². The Labute approximate surface area is 162 Å². The summed E-state index contributed by atoms with van der Waals surface area (Å²) in [4.78, 5) is 24.5. The molecule has 0 bridgehead atoms. The summed E-state index contributed by atoms with van der Waals surface area (Å²) in [5, 5.41) is 6.85. The Kier molecular flexibility index (Phi) is 5.74. The van der Waals surface area contributed by atoms with E-state index in [0.717, 1.165) is 5.56 Å². The molecule has 0 radical (unpaired) electrons. The lowest BCUT2D eigenvalue weighted by atomic mass is 10.2. The number of hydrogen-bond donors (Lipinski definition) is 1. The molecule has 0 aliphatic rings. The number of anilines is 1. The monoisotopic (exact) mass is 379 g/mol. The molecule has 3 aromatic rings. The van der Waals surface area contributed by atoms with E-state index in [1.807, 2.05) is 30.3 Å². The minimum Gasteiger partial charge on any atom is -0.489 e. The number of esters is 1. The predicted molar refractivity (Wildman–Crippen MR) is 104 cm³/mol. The van der Waals surface area contributed by atoms with E-state index in [1.54, 1.807) is 38.2 Å². The molecule has 144 valence electrons. The van der Waals surface area contributed by atoms with Crippen molar-refractivity contribution in [3.8, 4) is 5.75 Å².